The number of hydrogen-bond donors (Lipinski definition) is 2. The van der Waals surface area contributed by atoms with Gasteiger partial charge in [0, 0.05) is 11.8 Å². The van der Waals surface area contributed by atoms with Gasteiger partial charge in [-0.3, -0.25) is 5.41 Å². The van der Waals surface area contributed by atoms with Gasteiger partial charge in [0.05, 0.1) is 6.61 Å². The Morgan fingerprint density at radius 1 is 1.47 bits per heavy atom. The molecule has 0 aliphatic carbocycles. The summed E-state index contributed by atoms with van der Waals surface area (Å²) in [7, 11) is 0. The van der Waals surface area contributed by atoms with Gasteiger partial charge < -0.3 is 10.5 Å². The Morgan fingerprint density at radius 3 is 2.88 bits per heavy atom. The molecule has 0 radical (unpaired) electrons. The van der Waals surface area contributed by atoms with Crippen molar-refractivity contribution >= 4 is 17.4 Å². The number of aromatic nitrogens is 1. The van der Waals surface area contributed by atoms with Gasteiger partial charge in [-0.2, -0.15) is 0 Å². The summed E-state index contributed by atoms with van der Waals surface area (Å²) in [5, 5.41) is 7.67. The molecule has 0 aliphatic rings. The van der Waals surface area contributed by atoms with Crippen LogP contribution in [0, 0.1) is 5.41 Å². The van der Waals surface area contributed by atoms with Crippen LogP contribution in [0.2, 0.25) is 5.02 Å². The van der Waals surface area contributed by atoms with Crippen molar-refractivity contribution in [1.29, 1.82) is 5.41 Å². The molecular formula is C12H18ClN3O. The number of unbranched alkanes of at least 4 members (excludes halogenated alkanes) is 3. The predicted molar refractivity (Wildman–Crippen MR) is 69.9 cm³/mol. The summed E-state index contributed by atoms with van der Waals surface area (Å²) >= 11 is 6.04. The van der Waals surface area contributed by atoms with E-state index in [0.29, 0.717) is 23.1 Å². The van der Waals surface area contributed by atoms with E-state index in [0.717, 1.165) is 12.8 Å². The van der Waals surface area contributed by atoms with Gasteiger partial charge in [0.15, 0.2) is 0 Å². The minimum absolute atomic E-state index is 0.0757. The first-order valence-corrected chi connectivity index (χ1v) is 6.16. The maximum Gasteiger partial charge on any atom is 0.233 e. The summed E-state index contributed by atoms with van der Waals surface area (Å²) < 4.78 is 5.48. The standard InChI is InChI=1S/C12H18ClN3O/c1-2-3-4-5-8-17-12-10(13)9(11(14)15)6-7-16-12/h6-7H,2-5,8H2,1H3,(H3,14,15). The summed E-state index contributed by atoms with van der Waals surface area (Å²) in [6.07, 6.45) is 6.07. The highest BCUT2D eigenvalue weighted by Crippen LogP contribution is 2.25. The van der Waals surface area contributed by atoms with Crippen molar-refractivity contribution in [3.8, 4) is 5.88 Å². The van der Waals surface area contributed by atoms with Gasteiger partial charge in [-0.1, -0.05) is 37.8 Å². The normalized spacial score (nSPS) is 10.2. The number of nitrogens with zero attached hydrogens (tertiary/aromatic N) is 1. The first kappa shape index (κ1) is 13.8. The van der Waals surface area contributed by atoms with E-state index in [1.54, 1.807) is 12.3 Å². The van der Waals surface area contributed by atoms with Crippen LogP contribution in [0.25, 0.3) is 0 Å². The molecule has 1 aromatic heterocycles. The SMILES string of the molecule is CCCCCCOc1nccc(C(=N)N)c1Cl. The number of nitrogens with two attached hydrogens (primary N) is 1. The third-order valence-electron chi connectivity index (χ3n) is 2.38. The smallest absolute Gasteiger partial charge is 0.233 e. The maximum absolute atomic E-state index is 7.35. The van der Waals surface area contributed by atoms with Gasteiger partial charge in [0.1, 0.15) is 10.9 Å². The molecule has 17 heavy (non-hydrogen) atoms. The molecule has 0 amide bonds. The number of pyridine rings is 1. The molecule has 0 atom stereocenters. The molecule has 1 rings (SSSR count). The number of hydrogen-bond acceptors (Lipinski definition) is 3. The van der Waals surface area contributed by atoms with E-state index in [2.05, 4.69) is 11.9 Å². The summed E-state index contributed by atoms with van der Waals surface area (Å²) in [6.45, 7) is 2.75. The number of halogens is 1. The lowest BCUT2D eigenvalue weighted by atomic mass is 10.2. The van der Waals surface area contributed by atoms with Crippen LogP contribution in [0.1, 0.15) is 38.2 Å². The minimum Gasteiger partial charge on any atom is -0.477 e. The van der Waals surface area contributed by atoms with Crippen LogP contribution in [0.5, 0.6) is 5.88 Å². The van der Waals surface area contributed by atoms with Crippen molar-refractivity contribution < 1.29 is 4.74 Å². The average Bonchev–Trinajstić information content (AvgIpc) is 2.30. The molecular weight excluding hydrogens is 238 g/mol. The highest BCUT2D eigenvalue weighted by atomic mass is 35.5. The minimum atomic E-state index is -0.0757. The maximum atomic E-state index is 7.35. The van der Waals surface area contributed by atoms with Gasteiger partial charge in [0.2, 0.25) is 5.88 Å². The monoisotopic (exact) mass is 255 g/mol. The second-order valence-corrected chi connectivity index (χ2v) is 4.18. The second kappa shape index (κ2) is 7.12. The lowest BCUT2D eigenvalue weighted by Gasteiger charge is -2.09. The molecule has 0 aromatic carbocycles. The largest absolute Gasteiger partial charge is 0.477 e. The van der Waals surface area contributed by atoms with E-state index in [-0.39, 0.29) is 5.84 Å². The summed E-state index contributed by atoms with van der Waals surface area (Å²) in [6, 6.07) is 1.61. The lowest BCUT2D eigenvalue weighted by Crippen LogP contribution is -2.12. The van der Waals surface area contributed by atoms with Crippen LogP contribution >= 0.6 is 11.6 Å². The van der Waals surface area contributed by atoms with Crippen molar-refractivity contribution in [1.82, 2.24) is 4.98 Å². The zero-order chi connectivity index (χ0) is 12.7. The number of nitrogens with one attached hydrogen (secondary N) is 1. The van der Waals surface area contributed by atoms with Crippen LogP contribution in [0.4, 0.5) is 0 Å². The first-order valence-electron chi connectivity index (χ1n) is 5.78. The number of nitrogen functional groups attached to an aromatic ring is 1. The molecule has 0 saturated carbocycles. The summed E-state index contributed by atoms with van der Waals surface area (Å²) in [4.78, 5) is 4.03. The zero-order valence-electron chi connectivity index (χ0n) is 10.0. The Balaban J connectivity index is 2.54. The molecule has 0 saturated heterocycles. The van der Waals surface area contributed by atoms with Crippen molar-refractivity contribution in [2.75, 3.05) is 6.61 Å². The highest BCUT2D eigenvalue weighted by molar-refractivity contribution is 6.35. The van der Waals surface area contributed by atoms with Crippen LogP contribution in [-0.4, -0.2) is 17.4 Å². The molecule has 0 spiro atoms. The van der Waals surface area contributed by atoms with Gasteiger partial charge in [-0.25, -0.2) is 4.98 Å². The van der Waals surface area contributed by atoms with E-state index in [9.17, 15) is 0 Å². The summed E-state index contributed by atoms with van der Waals surface area (Å²) in [5.74, 6) is 0.282. The Hall–Kier alpha value is -1.29. The van der Waals surface area contributed by atoms with Crippen LogP contribution in [0.15, 0.2) is 12.3 Å². The van der Waals surface area contributed by atoms with Gasteiger partial charge in [0.25, 0.3) is 0 Å². The highest BCUT2D eigenvalue weighted by Gasteiger charge is 2.10. The van der Waals surface area contributed by atoms with Crippen molar-refractivity contribution in [3.05, 3.63) is 22.8 Å². The van der Waals surface area contributed by atoms with Crippen molar-refractivity contribution in [2.24, 2.45) is 5.73 Å². The Labute approximate surface area is 107 Å². The first-order chi connectivity index (χ1) is 8.16. The molecule has 1 aromatic rings. The van der Waals surface area contributed by atoms with Crippen LogP contribution in [0.3, 0.4) is 0 Å². The Morgan fingerprint density at radius 2 is 2.24 bits per heavy atom. The lowest BCUT2D eigenvalue weighted by molar-refractivity contribution is 0.294. The zero-order valence-corrected chi connectivity index (χ0v) is 10.8. The van der Waals surface area contributed by atoms with Gasteiger partial charge >= 0.3 is 0 Å². The van der Waals surface area contributed by atoms with E-state index in [4.69, 9.17) is 27.5 Å². The fourth-order valence-electron chi connectivity index (χ4n) is 1.43. The van der Waals surface area contributed by atoms with Crippen LogP contribution < -0.4 is 10.5 Å². The Bertz CT molecular complexity index is 382. The summed E-state index contributed by atoms with van der Waals surface area (Å²) in [5.41, 5.74) is 5.86. The quantitative estimate of drug-likeness (QED) is 0.447. The predicted octanol–water partition coefficient (Wildman–Crippen LogP) is 2.98. The van der Waals surface area contributed by atoms with Crippen molar-refractivity contribution in [2.45, 2.75) is 32.6 Å². The molecule has 1 heterocycles. The third kappa shape index (κ3) is 4.23. The molecule has 4 nitrogen and oxygen atoms in total. The number of amidine groups is 1. The second-order valence-electron chi connectivity index (χ2n) is 3.80. The molecule has 0 aliphatic heterocycles. The molecule has 5 heteroatoms. The van der Waals surface area contributed by atoms with Crippen LogP contribution in [-0.2, 0) is 0 Å². The third-order valence-corrected chi connectivity index (χ3v) is 2.75. The van der Waals surface area contributed by atoms with Gasteiger partial charge in [-0.05, 0) is 12.5 Å². The topological polar surface area (TPSA) is 72.0 Å². The van der Waals surface area contributed by atoms with Crippen molar-refractivity contribution in [3.63, 3.8) is 0 Å². The van der Waals surface area contributed by atoms with Gasteiger partial charge in [-0.15, -0.1) is 0 Å². The average molecular weight is 256 g/mol. The fourth-order valence-corrected chi connectivity index (χ4v) is 1.70. The number of ether oxygens (including phenoxy) is 1. The number of rotatable bonds is 7. The van der Waals surface area contributed by atoms with E-state index < -0.39 is 0 Å². The molecule has 0 bridgehead atoms. The Kier molecular flexibility index (Phi) is 5.77. The molecule has 3 N–H and O–H groups in total. The van der Waals surface area contributed by atoms with E-state index in [1.165, 1.54) is 12.8 Å². The van der Waals surface area contributed by atoms with E-state index >= 15 is 0 Å². The molecule has 0 unspecified atom stereocenters. The van der Waals surface area contributed by atoms with E-state index in [1.807, 2.05) is 0 Å². The molecule has 94 valence electrons. The molecule has 0 fully saturated rings. The fraction of sp³-hybridized carbons (Fsp3) is 0.500.